The van der Waals surface area contributed by atoms with Crippen LogP contribution in [0.1, 0.15) is 18.2 Å². The van der Waals surface area contributed by atoms with Crippen molar-refractivity contribution in [2.75, 3.05) is 11.5 Å². The van der Waals surface area contributed by atoms with Gasteiger partial charge in [0.15, 0.2) is 32.2 Å². The first-order valence-electron chi connectivity index (χ1n) is 10.5. The average molecular weight is 509 g/mol. The summed E-state index contributed by atoms with van der Waals surface area (Å²) in [7, 11) is -3.52. The molecule has 0 aliphatic heterocycles. The van der Waals surface area contributed by atoms with Crippen molar-refractivity contribution in [3.8, 4) is 35.0 Å². The smallest absolute Gasteiger partial charge is 0.265 e. The number of hydrogen-bond acceptors (Lipinski definition) is 8. The highest BCUT2D eigenvalue weighted by molar-refractivity contribution is 7.91. The van der Waals surface area contributed by atoms with E-state index in [9.17, 15) is 17.2 Å². The minimum atomic E-state index is -3.52. The van der Waals surface area contributed by atoms with Crippen LogP contribution in [0.4, 0.5) is 14.6 Å². The molecule has 0 saturated carbocycles. The second-order valence-electron chi connectivity index (χ2n) is 7.18. The van der Waals surface area contributed by atoms with Crippen molar-refractivity contribution in [2.45, 2.75) is 11.9 Å². The number of ether oxygens (including phenoxy) is 2. The zero-order valence-corrected chi connectivity index (χ0v) is 19.6. The normalized spacial score (nSPS) is 10.9. The number of nitrogens with two attached hydrogens (primary N) is 1. The van der Waals surface area contributed by atoms with E-state index in [0.29, 0.717) is 5.69 Å². The van der Waals surface area contributed by atoms with Gasteiger partial charge in [-0.25, -0.2) is 27.2 Å². The van der Waals surface area contributed by atoms with E-state index in [1.807, 2.05) is 0 Å². The lowest BCUT2D eigenvalue weighted by Crippen LogP contribution is -2.06. The summed E-state index contributed by atoms with van der Waals surface area (Å²) in [4.78, 5) is 12.1. The highest BCUT2D eigenvalue weighted by atomic mass is 32.2. The summed E-state index contributed by atoms with van der Waals surface area (Å²) >= 11 is 0. The molecule has 0 atom stereocenters. The monoisotopic (exact) mass is 508 g/mol. The van der Waals surface area contributed by atoms with E-state index in [4.69, 9.17) is 15.2 Å². The van der Waals surface area contributed by atoms with E-state index >= 15 is 0 Å². The number of benzene rings is 1. The summed E-state index contributed by atoms with van der Waals surface area (Å²) in [6, 6.07) is 12.5. The molecule has 0 saturated heterocycles. The Labute approximate surface area is 205 Å². The number of sulfone groups is 1. The fourth-order valence-electron chi connectivity index (χ4n) is 2.87. The van der Waals surface area contributed by atoms with Gasteiger partial charge in [0.1, 0.15) is 17.3 Å². The van der Waals surface area contributed by atoms with Crippen molar-refractivity contribution in [1.29, 1.82) is 0 Å². The molecule has 3 aromatic heterocycles. The summed E-state index contributed by atoms with van der Waals surface area (Å²) in [5.74, 6) is 2.51. The number of rotatable bonds is 6. The number of halogens is 2. The van der Waals surface area contributed by atoms with Crippen molar-refractivity contribution < 1.29 is 26.7 Å². The standard InChI is InChI=1S/C25H18F2N4O4S/c1-2-36(32,33)22-12-11-18(15-30-22)34-21-14-16(9-10-17-6-3-4-13-29-17)24(28)31-25(21)35-23-19(26)7-5-8-20(23)27/h3-8,11-15H,2H2,1H3,(H2,28,31). The number of para-hydroxylation sites is 1. The van der Waals surface area contributed by atoms with E-state index < -0.39 is 27.2 Å². The molecular formula is C25H18F2N4O4S. The summed E-state index contributed by atoms with van der Waals surface area (Å²) in [6.45, 7) is 1.50. The predicted octanol–water partition coefficient (Wildman–Crippen LogP) is 4.51. The van der Waals surface area contributed by atoms with Gasteiger partial charge in [0, 0.05) is 12.3 Å². The molecule has 182 valence electrons. The highest BCUT2D eigenvalue weighted by Gasteiger charge is 2.19. The van der Waals surface area contributed by atoms with Crippen LogP contribution in [-0.4, -0.2) is 29.1 Å². The van der Waals surface area contributed by atoms with Gasteiger partial charge in [-0.15, -0.1) is 0 Å². The Hall–Kier alpha value is -4.56. The molecule has 0 unspecified atom stereocenters. The van der Waals surface area contributed by atoms with Gasteiger partial charge in [-0.05, 0) is 42.3 Å². The van der Waals surface area contributed by atoms with Crippen LogP contribution in [0.15, 0.2) is 72.0 Å². The Morgan fingerprint density at radius 3 is 2.39 bits per heavy atom. The minimum absolute atomic E-state index is 0.0833. The fraction of sp³-hybridized carbons (Fsp3) is 0.0800. The van der Waals surface area contributed by atoms with Gasteiger partial charge >= 0.3 is 0 Å². The van der Waals surface area contributed by atoms with Crippen molar-refractivity contribution in [3.63, 3.8) is 0 Å². The molecule has 8 nitrogen and oxygen atoms in total. The molecule has 0 aliphatic rings. The maximum atomic E-state index is 14.2. The van der Waals surface area contributed by atoms with Gasteiger partial charge in [0.05, 0.1) is 17.5 Å². The summed E-state index contributed by atoms with van der Waals surface area (Å²) in [5.41, 5.74) is 6.73. The highest BCUT2D eigenvalue weighted by Crippen LogP contribution is 2.37. The number of nitrogen functional groups attached to an aromatic ring is 1. The van der Waals surface area contributed by atoms with Crippen LogP contribution in [0.5, 0.6) is 23.1 Å². The van der Waals surface area contributed by atoms with Crippen molar-refractivity contribution in [3.05, 3.63) is 89.9 Å². The Morgan fingerprint density at radius 1 is 0.972 bits per heavy atom. The van der Waals surface area contributed by atoms with Gasteiger partial charge in [-0.2, -0.15) is 4.98 Å². The molecule has 4 aromatic rings. The summed E-state index contributed by atoms with van der Waals surface area (Å²) < 4.78 is 63.6. The first-order valence-corrected chi connectivity index (χ1v) is 12.1. The summed E-state index contributed by atoms with van der Waals surface area (Å²) in [6.07, 6.45) is 2.76. The van der Waals surface area contributed by atoms with Crippen LogP contribution in [0, 0.1) is 23.5 Å². The zero-order chi connectivity index (χ0) is 25.7. The van der Waals surface area contributed by atoms with Crippen LogP contribution in [-0.2, 0) is 9.84 Å². The lowest BCUT2D eigenvalue weighted by Gasteiger charge is -2.14. The number of hydrogen-bond donors (Lipinski definition) is 1. The quantitative estimate of drug-likeness (QED) is 0.378. The molecule has 1 aromatic carbocycles. The van der Waals surface area contributed by atoms with Gasteiger partial charge < -0.3 is 15.2 Å². The maximum Gasteiger partial charge on any atom is 0.265 e. The molecule has 0 aliphatic carbocycles. The SMILES string of the molecule is CCS(=O)(=O)c1ccc(Oc2cc(C#Cc3ccccn3)c(N)nc2Oc2c(F)cccc2F)cn1. The second-order valence-corrected chi connectivity index (χ2v) is 9.41. The molecule has 36 heavy (non-hydrogen) atoms. The lowest BCUT2D eigenvalue weighted by atomic mass is 10.2. The van der Waals surface area contributed by atoms with Crippen molar-refractivity contribution >= 4 is 15.7 Å². The third-order valence-corrected chi connectivity index (χ3v) is 6.37. The topological polar surface area (TPSA) is 117 Å². The third-order valence-electron chi connectivity index (χ3n) is 4.73. The molecule has 3 heterocycles. The van der Waals surface area contributed by atoms with Crippen LogP contribution < -0.4 is 15.2 Å². The predicted molar refractivity (Wildman–Crippen MR) is 127 cm³/mol. The van der Waals surface area contributed by atoms with E-state index in [0.717, 1.165) is 12.1 Å². The van der Waals surface area contributed by atoms with E-state index in [2.05, 4.69) is 26.8 Å². The molecule has 0 radical (unpaired) electrons. The number of aromatic nitrogens is 3. The largest absolute Gasteiger partial charge is 0.450 e. The fourth-order valence-corrected chi connectivity index (χ4v) is 3.65. The first-order chi connectivity index (χ1) is 17.3. The Morgan fingerprint density at radius 2 is 1.75 bits per heavy atom. The molecule has 11 heteroatoms. The third kappa shape index (κ3) is 5.56. The molecule has 2 N–H and O–H groups in total. The average Bonchev–Trinajstić information content (AvgIpc) is 2.88. The van der Waals surface area contributed by atoms with Crippen LogP contribution in [0.2, 0.25) is 0 Å². The molecule has 0 fully saturated rings. The van der Waals surface area contributed by atoms with Crippen molar-refractivity contribution in [1.82, 2.24) is 15.0 Å². The lowest BCUT2D eigenvalue weighted by molar-refractivity contribution is 0.369. The van der Waals surface area contributed by atoms with Gasteiger partial charge in [-0.3, -0.25) is 0 Å². The second kappa shape index (κ2) is 10.4. The zero-order valence-electron chi connectivity index (χ0n) is 18.8. The number of anilines is 1. The van der Waals surface area contributed by atoms with E-state index in [1.165, 1.54) is 37.4 Å². The Kier molecular flexibility index (Phi) is 7.07. The maximum absolute atomic E-state index is 14.2. The van der Waals surface area contributed by atoms with Gasteiger partial charge in [0.2, 0.25) is 5.75 Å². The molecule has 0 amide bonds. The molecule has 0 spiro atoms. The van der Waals surface area contributed by atoms with E-state index in [1.54, 1.807) is 24.4 Å². The first kappa shape index (κ1) is 24.6. The number of pyridine rings is 3. The van der Waals surface area contributed by atoms with Gasteiger partial charge in [0.25, 0.3) is 5.88 Å². The number of nitrogens with zero attached hydrogens (tertiary/aromatic N) is 3. The van der Waals surface area contributed by atoms with Crippen molar-refractivity contribution in [2.24, 2.45) is 0 Å². The van der Waals surface area contributed by atoms with Crippen LogP contribution >= 0.6 is 0 Å². The Balaban J connectivity index is 1.75. The van der Waals surface area contributed by atoms with Crippen LogP contribution in [0.3, 0.4) is 0 Å². The van der Waals surface area contributed by atoms with Crippen LogP contribution in [0.25, 0.3) is 0 Å². The minimum Gasteiger partial charge on any atom is -0.450 e. The molecular weight excluding hydrogens is 490 g/mol. The van der Waals surface area contributed by atoms with E-state index in [-0.39, 0.29) is 39.5 Å². The van der Waals surface area contributed by atoms with Gasteiger partial charge in [-0.1, -0.05) is 25.0 Å². The molecule has 0 bridgehead atoms. The molecule has 4 rings (SSSR count). The summed E-state index contributed by atoms with van der Waals surface area (Å²) in [5, 5.41) is -0.125. The Bertz CT molecular complexity index is 1550.